The van der Waals surface area contributed by atoms with Crippen molar-refractivity contribution in [2.75, 3.05) is 25.0 Å². The third-order valence-electron chi connectivity index (χ3n) is 7.12. The normalized spacial score (nSPS) is 11.1. The number of hydrogen-bond acceptors (Lipinski definition) is 2. The highest BCUT2D eigenvalue weighted by Gasteiger charge is 2.22. The molecule has 0 spiro atoms. The second-order valence-corrected chi connectivity index (χ2v) is 10.4. The summed E-state index contributed by atoms with van der Waals surface area (Å²) in [7, 11) is 0. The Bertz CT molecular complexity index is 1350. The average Bonchev–Trinajstić information content (AvgIpc) is 3.37. The molecule has 0 fully saturated rings. The van der Waals surface area contributed by atoms with Crippen molar-refractivity contribution < 1.29 is 9.59 Å². The van der Waals surface area contributed by atoms with Crippen LogP contribution in [0.3, 0.4) is 0 Å². The van der Waals surface area contributed by atoms with Gasteiger partial charge in [0.05, 0.1) is 0 Å². The number of benzene rings is 3. The summed E-state index contributed by atoms with van der Waals surface area (Å²) in [5, 5.41) is 4.18. The zero-order chi connectivity index (χ0) is 27.6. The van der Waals surface area contributed by atoms with Crippen molar-refractivity contribution in [1.29, 1.82) is 0 Å². The highest BCUT2D eigenvalue weighted by atomic mass is 16.2. The van der Waals surface area contributed by atoms with Gasteiger partial charge in [-0.2, -0.15) is 0 Å². The number of para-hydroxylation sites is 1. The van der Waals surface area contributed by atoms with Crippen LogP contribution >= 0.6 is 0 Å². The summed E-state index contributed by atoms with van der Waals surface area (Å²) >= 11 is 0. The van der Waals surface area contributed by atoms with Crippen molar-refractivity contribution in [3.8, 4) is 0 Å². The van der Waals surface area contributed by atoms with Gasteiger partial charge in [-0.05, 0) is 53.6 Å². The topological polar surface area (TPSA) is 68.4 Å². The summed E-state index contributed by atoms with van der Waals surface area (Å²) < 4.78 is 0. The monoisotopic (exact) mass is 524 g/mol. The van der Waals surface area contributed by atoms with E-state index in [2.05, 4.69) is 43.2 Å². The number of unbranched alkanes of at least 4 members (excludes halogenated alkanes) is 1. The molecular weight excluding hydrogens is 484 g/mol. The number of nitrogens with one attached hydrogen (secondary N) is 2. The lowest BCUT2D eigenvalue weighted by Gasteiger charge is -2.28. The van der Waals surface area contributed by atoms with E-state index in [1.54, 1.807) is 4.90 Å². The number of rotatable bonds is 12. The van der Waals surface area contributed by atoms with Crippen LogP contribution in [-0.4, -0.2) is 46.4 Å². The van der Waals surface area contributed by atoms with Gasteiger partial charge in [-0.15, -0.1) is 0 Å². The third kappa shape index (κ3) is 7.73. The molecule has 2 N–H and O–H groups in total. The van der Waals surface area contributed by atoms with E-state index in [-0.39, 0.29) is 18.5 Å². The number of aromatic amines is 1. The third-order valence-corrected chi connectivity index (χ3v) is 7.12. The Morgan fingerprint density at radius 3 is 2.31 bits per heavy atom. The molecule has 0 aliphatic carbocycles. The second kappa shape index (κ2) is 13.7. The van der Waals surface area contributed by atoms with E-state index in [1.807, 2.05) is 77.8 Å². The molecule has 6 nitrogen and oxygen atoms in total. The van der Waals surface area contributed by atoms with E-state index in [0.29, 0.717) is 25.6 Å². The van der Waals surface area contributed by atoms with Crippen molar-refractivity contribution in [3.63, 3.8) is 0 Å². The van der Waals surface area contributed by atoms with Crippen molar-refractivity contribution in [2.45, 2.75) is 52.5 Å². The molecule has 0 saturated carbocycles. The van der Waals surface area contributed by atoms with Gasteiger partial charge in [0.15, 0.2) is 0 Å². The molecule has 39 heavy (non-hydrogen) atoms. The fourth-order valence-corrected chi connectivity index (χ4v) is 4.71. The van der Waals surface area contributed by atoms with Gasteiger partial charge in [-0.25, -0.2) is 4.79 Å². The molecule has 204 valence electrons. The van der Waals surface area contributed by atoms with Gasteiger partial charge in [0.1, 0.15) is 6.54 Å². The molecule has 1 aromatic heterocycles. The molecule has 4 rings (SSSR count). The van der Waals surface area contributed by atoms with Crippen molar-refractivity contribution in [3.05, 3.63) is 102 Å². The minimum absolute atomic E-state index is 0.0383. The van der Waals surface area contributed by atoms with Crippen LogP contribution in [0.2, 0.25) is 0 Å². The maximum Gasteiger partial charge on any atom is 0.322 e. The molecule has 0 atom stereocenters. The van der Waals surface area contributed by atoms with E-state index in [4.69, 9.17) is 0 Å². The highest BCUT2D eigenvalue weighted by molar-refractivity contribution is 5.92. The number of nitrogens with zero attached hydrogens (tertiary/aromatic N) is 2. The Morgan fingerprint density at radius 1 is 0.872 bits per heavy atom. The van der Waals surface area contributed by atoms with E-state index in [1.165, 1.54) is 16.5 Å². The number of carbonyl (C=O) groups excluding carboxylic acids is 2. The molecule has 0 unspecified atom stereocenters. The predicted octanol–water partition coefficient (Wildman–Crippen LogP) is 7.20. The first kappa shape index (κ1) is 28.0. The molecule has 0 aliphatic heterocycles. The summed E-state index contributed by atoms with van der Waals surface area (Å²) in [6.07, 6.45) is 4.53. The first-order chi connectivity index (χ1) is 18.9. The Hall–Kier alpha value is -4.06. The maximum absolute atomic E-state index is 13.7. The zero-order valence-electron chi connectivity index (χ0n) is 23.3. The van der Waals surface area contributed by atoms with Crippen LogP contribution in [0.5, 0.6) is 0 Å². The molecule has 6 heteroatoms. The Labute approximate surface area is 232 Å². The minimum Gasteiger partial charge on any atom is -0.361 e. The van der Waals surface area contributed by atoms with Crippen LogP contribution < -0.4 is 5.32 Å². The van der Waals surface area contributed by atoms with Crippen LogP contribution in [0.4, 0.5) is 10.5 Å². The predicted molar refractivity (Wildman–Crippen MR) is 160 cm³/mol. The largest absolute Gasteiger partial charge is 0.361 e. The molecule has 0 saturated heterocycles. The van der Waals surface area contributed by atoms with Crippen LogP contribution in [0.1, 0.15) is 56.2 Å². The first-order valence-electron chi connectivity index (χ1n) is 14.0. The van der Waals surface area contributed by atoms with Gasteiger partial charge in [0, 0.05) is 42.4 Å². The molecular formula is C33H40N4O2. The van der Waals surface area contributed by atoms with E-state index in [9.17, 15) is 9.59 Å². The van der Waals surface area contributed by atoms with Crippen molar-refractivity contribution >= 4 is 28.5 Å². The van der Waals surface area contributed by atoms with Crippen LogP contribution in [0.15, 0.2) is 85.1 Å². The number of hydrogen-bond donors (Lipinski definition) is 2. The number of amides is 3. The van der Waals surface area contributed by atoms with Gasteiger partial charge in [0.25, 0.3) is 0 Å². The van der Waals surface area contributed by atoms with Crippen LogP contribution in [-0.2, 0) is 17.8 Å². The van der Waals surface area contributed by atoms with Gasteiger partial charge in [-0.1, -0.05) is 87.9 Å². The lowest BCUT2D eigenvalue weighted by molar-refractivity contribution is -0.132. The van der Waals surface area contributed by atoms with E-state index in [0.717, 1.165) is 36.0 Å². The molecule has 0 bridgehead atoms. The maximum atomic E-state index is 13.7. The number of urea groups is 1. The number of anilines is 1. The fourth-order valence-electron chi connectivity index (χ4n) is 4.71. The van der Waals surface area contributed by atoms with Gasteiger partial charge >= 0.3 is 6.03 Å². The lowest BCUT2D eigenvalue weighted by atomic mass is 10.0. The Morgan fingerprint density at radius 2 is 1.59 bits per heavy atom. The van der Waals surface area contributed by atoms with Crippen LogP contribution in [0, 0.1) is 0 Å². The second-order valence-electron chi connectivity index (χ2n) is 10.4. The quantitative estimate of drug-likeness (QED) is 0.206. The van der Waals surface area contributed by atoms with Crippen molar-refractivity contribution in [2.24, 2.45) is 0 Å². The standard InChI is InChI=1S/C33H40N4O2/c1-4-5-20-37(33(39)35-29-17-15-27(16-18-29)25(2)3)24-32(38)36(23-26-11-7-6-8-12-26)21-19-28-22-34-31-14-10-9-13-30(28)31/h6-18,22,25,34H,4-5,19-21,23-24H2,1-3H3,(H,35,39). The number of carbonyl (C=O) groups is 2. The Kier molecular flexibility index (Phi) is 9.79. The fraction of sp³-hybridized carbons (Fsp3) is 0.333. The number of aromatic nitrogens is 1. The SMILES string of the molecule is CCCCN(CC(=O)N(CCc1c[nH]c2ccccc12)Cc1ccccc1)C(=O)Nc1ccc(C(C)C)cc1. The molecule has 4 aromatic rings. The molecule has 1 heterocycles. The molecule has 3 aromatic carbocycles. The summed E-state index contributed by atoms with van der Waals surface area (Å²) in [5.41, 5.74) is 5.30. The first-order valence-corrected chi connectivity index (χ1v) is 14.0. The van der Waals surface area contributed by atoms with Crippen molar-refractivity contribution in [1.82, 2.24) is 14.8 Å². The molecule has 0 radical (unpaired) electrons. The summed E-state index contributed by atoms with van der Waals surface area (Å²) in [6.45, 7) is 8.01. The van der Waals surface area contributed by atoms with E-state index >= 15 is 0 Å². The smallest absolute Gasteiger partial charge is 0.322 e. The minimum atomic E-state index is -0.245. The average molecular weight is 525 g/mol. The lowest BCUT2D eigenvalue weighted by Crippen LogP contribution is -2.45. The highest BCUT2D eigenvalue weighted by Crippen LogP contribution is 2.20. The molecule has 3 amide bonds. The van der Waals surface area contributed by atoms with E-state index < -0.39 is 0 Å². The summed E-state index contributed by atoms with van der Waals surface area (Å²) in [6, 6.07) is 25.9. The number of fused-ring (bicyclic) bond motifs is 1. The van der Waals surface area contributed by atoms with Gasteiger partial charge in [0.2, 0.25) is 5.91 Å². The summed E-state index contributed by atoms with van der Waals surface area (Å²) in [4.78, 5) is 33.9. The van der Waals surface area contributed by atoms with Gasteiger partial charge in [-0.3, -0.25) is 4.79 Å². The molecule has 0 aliphatic rings. The Balaban J connectivity index is 1.48. The van der Waals surface area contributed by atoms with Crippen LogP contribution in [0.25, 0.3) is 10.9 Å². The zero-order valence-corrected chi connectivity index (χ0v) is 23.3. The number of H-pyrrole nitrogens is 1. The van der Waals surface area contributed by atoms with Gasteiger partial charge < -0.3 is 20.1 Å². The summed E-state index contributed by atoms with van der Waals surface area (Å²) in [5.74, 6) is 0.369.